The number of benzene rings is 1. The van der Waals surface area contributed by atoms with Gasteiger partial charge in [-0.1, -0.05) is 43.4 Å². The van der Waals surface area contributed by atoms with Gasteiger partial charge in [-0.2, -0.15) is 0 Å². The molecule has 3 aromatic rings. The molecule has 0 amide bonds. The first-order valence-corrected chi connectivity index (χ1v) is 10.9. The van der Waals surface area contributed by atoms with E-state index in [-0.39, 0.29) is 18.0 Å². The lowest BCUT2D eigenvalue weighted by Gasteiger charge is -2.21. The Bertz CT molecular complexity index is 1150. The zero-order valence-corrected chi connectivity index (χ0v) is 18.9. The SMILES string of the molecule is CCN(CC)CC(O)CCC(=O)c1ncc(C#Cc2c(N)ncc3ccc(Cl)cc23)cn1. The van der Waals surface area contributed by atoms with Crippen molar-refractivity contribution < 1.29 is 9.90 Å². The molecular formula is C24H26ClN5O2. The Hall–Kier alpha value is -3.05. The number of hydrogen-bond donors (Lipinski definition) is 2. The topological polar surface area (TPSA) is 105 Å². The van der Waals surface area contributed by atoms with Crippen molar-refractivity contribution in [2.24, 2.45) is 0 Å². The monoisotopic (exact) mass is 451 g/mol. The number of likely N-dealkylation sites (N-methyl/N-ethyl adjacent to an activating group) is 1. The van der Waals surface area contributed by atoms with Crippen molar-refractivity contribution in [1.82, 2.24) is 19.9 Å². The molecule has 3 rings (SSSR count). The molecule has 0 aliphatic heterocycles. The van der Waals surface area contributed by atoms with E-state index in [0.29, 0.717) is 34.9 Å². The smallest absolute Gasteiger partial charge is 0.200 e. The summed E-state index contributed by atoms with van der Waals surface area (Å²) in [7, 11) is 0. The van der Waals surface area contributed by atoms with Crippen molar-refractivity contribution in [1.29, 1.82) is 0 Å². The first-order valence-electron chi connectivity index (χ1n) is 10.5. The molecule has 1 atom stereocenters. The summed E-state index contributed by atoms with van der Waals surface area (Å²) in [5, 5.41) is 12.4. The number of carbonyl (C=O) groups is 1. The number of aliphatic hydroxyl groups excluding tert-OH is 1. The van der Waals surface area contributed by atoms with Crippen LogP contribution in [0.3, 0.4) is 0 Å². The van der Waals surface area contributed by atoms with Crippen LogP contribution in [0.15, 0.2) is 36.8 Å². The molecule has 8 heteroatoms. The van der Waals surface area contributed by atoms with Gasteiger partial charge < -0.3 is 15.7 Å². The second-order valence-corrected chi connectivity index (χ2v) is 7.83. The van der Waals surface area contributed by atoms with E-state index in [9.17, 15) is 9.90 Å². The second-order valence-electron chi connectivity index (χ2n) is 7.40. The maximum atomic E-state index is 12.4. The van der Waals surface area contributed by atoms with Crippen LogP contribution in [0.1, 0.15) is 48.4 Å². The van der Waals surface area contributed by atoms with Gasteiger partial charge in [0.05, 0.1) is 17.2 Å². The molecule has 166 valence electrons. The molecule has 1 unspecified atom stereocenters. The van der Waals surface area contributed by atoms with E-state index >= 15 is 0 Å². The highest BCUT2D eigenvalue weighted by molar-refractivity contribution is 6.31. The fraction of sp³-hybridized carbons (Fsp3) is 0.333. The van der Waals surface area contributed by atoms with Crippen molar-refractivity contribution in [2.75, 3.05) is 25.4 Å². The number of pyridine rings is 1. The Morgan fingerprint density at radius 2 is 1.88 bits per heavy atom. The van der Waals surface area contributed by atoms with E-state index < -0.39 is 6.10 Å². The molecule has 0 radical (unpaired) electrons. The Balaban J connectivity index is 1.68. The molecule has 0 bridgehead atoms. The summed E-state index contributed by atoms with van der Waals surface area (Å²) in [5.74, 6) is 6.20. The summed E-state index contributed by atoms with van der Waals surface area (Å²) in [5.41, 5.74) is 7.13. The molecule has 2 heterocycles. The minimum atomic E-state index is -0.558. The van der Waals surface area contributed by atoms with E-state index in [0.717, 1.165) is 23.9 Å². The number of anilines is 1. The van der Waals surface area contributed by atoms with Gasteiger partial charge in [-0.15, -0.1) is 0 Å². The van der Waals surface area contributed by atoms with Crippen molar-refractivity contribution in [3.8, 4) is 11.8 Å². The van der Waals surface area contributed by atoms with Gasteiger partial charge in [-0.05, 0) is 31.6 Å². The summed E-state index contributed by atoms with van der Waals surface area (Å²) in [6, 6.07) is 5.44. The quantitative estimate of drug-likeness (QED) is 0.399. The van der Waals surface area contributed by atoms with Crippen molar-refractivity contribution in [3.05, 3.63) is 58.8 Å². The number of fused-ring (bicyclic) bond motifs is 1. The zero-order valence-electron chi connectivity index (χ0n) is 18.2. The highest BCUT2D eigenvalue weighted by Gasteiger charge is 2.14. The van der Waals surface area contributed by atoms with Gasteiger partial charge in [0, 0.05) is 47.4 Å². The number of aliphatic hydroxyl groups is 1. The minimum Gasteiger partial charge on any atom is -0.392 e. The second kappa shape index (κ2) is 11.0. The van der Waals surface area contributed by atoms with E-state index in [1.54, 1.807) is 18.3 Å². The number of nitrogens with zero attached hydrogens (tertiary/aromatic N) is 4. The number of rotatable bonds is 8. The summed E-state index contributed by atoms with van der Waals surface area (Å²) < 4.78 is 0. The molecular weight excluding hydrogens is 426 g/mol. The van der Waals surface area contributed by atoms with Gasteiger partial charge in [0.2, 0.25) is 0 Å². The van der Waals surface area contributed by atoms with Crippen LogP contribution in [-0.4, -0.2) is 56.5 Å². The van der Waals surface area contributed by atoms with Gasteiger partial charge in [0.1, 0.15) is 5.82 Å². The lowest BCUT2D eigenvalue weighted by atomic mass is 10.1. The third-order valence-electron chi connectivity index (χ3n) is 5.18. The maximum Gasteiger partial charge on any atom is 0.200 e. The van der Waals surface area contributed by atoms with Crippen LogP contribution in [0.5, 0.6) is 0 Å². The normalized spacial score (nSPS) is 11.9. The fourth-order valence-electron chi connectivity index (χ4n) is 3.28. The summed E-state index contributed by atoms with van der Waals surface area (Å²) in [6.45, 7) is 6.36. The van der Waals surface area contributed by atoms with E-state index in [1.165, 1.54) is 12.4 Å². The van der Waals surface area contributed by atoms with Crippen LogP contribution in [0.25, 0.3) is 10.8 Å². The van der Waals surface area contributed by atoms with Crippen LogP contribution in [0.2, 0.25) is 5.02 Å². The average Bonchev–Trinajstić information content (AvgIpc) is 2.80. The first-order chi connectivity index (χ1) is 15.4. The Labute approximate surface area is 192 Å². The third kappa shape index (κ3) is 6.01. The van der Waals surface area contributed by atoms with Gasteiger partial charge in [0.25, 0.3) is 0 Å². The lowest BCUT2D eigenvalue weighted by molar-refractivity contribution is 0.0869. The zero-order chi connectivity index (χ0) is 23.1. The molecule has 32 heavy (non-hydrogen) atoms. The molecule has 2 aromatic heterocycles. The highest BCUT2D eigenvalue weighted by Crippen LogP contribution is 2.24. The van der Waals surface area contributed by atoms with E-state index in [4.69, 9.17) is 17.3 Å². The summed E-state index contributed by atoms with van der Waals surface area (Å²) in [4.78, 5) is 26.9. The number of carbonyl (C=O) groups excluding carboxylic acids is 1. The molecule has 0 saturated carbocycles. The maximum absolute atomic E-state index is 12.4. The first kappa shape index (κ1) is 23.6. The Morgan fingerprint density at radius 3 is 2.56 bits per heavy atom. The molecule has 7 nitrogen and oxygen atoms in total. The van der Waals surface area contributed by atoms with Crippen LogP contribution >= 0.6 is 11.6 Å². The van der Waals surface area contributed by atoms with Gasteiger partial charge >= 0.3 is 0 Å². The number of aromatic nitrogens is 3. The number of halogens is 1. The number of Topliss-reactive ketones (excluding diaryl/α,β-unsaturated/α-hetero) is 1. The standard InChI is InChI=1S/C24H26ClN5O2/c1-3-30(4-2)15-19(31)8-10-22(32)24-28-12-16(13-29-24)5-9-20-21-11-18(25)7-6-17(21)14-27-23(20)26/h6-7,11-14,19,31H,3-4,8,10,15H2,1-2H3,(H2,26,27). The Morgan fingerprint density at radius 1 is 1.16 bits per heavy atom. The van der Waals surface area contributed by atoms with Crippen LogP contribution in [0.4, 0.5) is 5.82 Å². The number of hydrogen-bond acceptors (Lipinski definition) is 7. The minimum absolute atomic E-state index is 0.115. The number of ketones is 1. The predicted molar refractivity (Wildman–Crippen MR) is 127 cm³/mol. The van der Waals surface area contributed by atoms with Crippen molar-refractivity contribution in [2.45, 2.75) is 32.8 Å². The van der Waals surface area contributed by atoms with Crippen LogP contribution in [0, 0.1) is 11.8 Å². The molecule has 0 aliphatic carbocycles. The molecule has 0 fully saturated rings. The molecule has 0 saturated heterocycles. The van der Waals surface area contributed by atoms with Crippen LogP contribution in [-0.2, 0) is 0 Å². The highest BCUT2D eigenvalue weighted by atomic mass is 35.5. The third-order valence-corrected chi connectivity index (χ3v) is 5.42. The van der Waals surface area contributed by atoms with Crippen molar-refractivity contribution in [3.63, 3.8) is 0 Å². The number of nitrogens with two attached hydrogens (primary N) is 1. The van der Waals surface area contributed by atoms with Crippen molar-refractivity contribution >= 4 is 34.0 Å². The summed E-state index contributed by atoms with van der Waals surface area (Å²) >= 11 is 6.11. The molecule has 1 aromatic carbocycles. The van der Waals surface area contributed by atoms with E-state index in [2.05, 4.69) is 31.7 Å². The lowest BCUT2D eigenvalue weighted by Crippen LogP contribution is -2.32. The summed E-state index contributed by atoms with van der Waals surface area (Å²) in [6.07, 6.45) is 4.68. The van der Waals surface area contributed by atoms with E-state index in [1.807, 2.05) is 19.9 Å². The molecule has 0 aliphatic rings. The predicted octanol–water partition coefficient (Wildman–Crippen LogP) is 3.33. The van der Waals surface area contributed by atoms with Gasteiger partial charge in [-0.25, -0.2) is 15.0 Å². The molecule has 0 spiro atoms. The van der Waals surface area contributed by atoms with Gasteiger partial charge in [0.15, 0.2) is 11.6 Å². The number of nitrogen functional groups attached to an aromatic ring is 1. The van der Waals surface area contributed by atoms with Crippen LogP contribution < -0.4 is 5.73 Å². The average molecular weight is 452 g/mol. The van der Waals surface area contributed by atoms with Gasteiger partial charge in [-0.3, -0.25) is 4.79 Å². The fourth-order valence-corrected chi connectivity index (χ4v) is 3.45. The molecule has 3 N–H and O–H groups in total. The largest absolute Gasteiger partial charge is 0.392 e. The Kier molecular flexibility index (Phi) is 8.12.